The molecule has 0 fully saturated rings. The van der Waals surface area contributed by atoms with Crippen molar-refractivity contribution in [1.29, 1.82) is 0 Å². The fourth-order valence-electron chi connectivity index (χ4n) is 2.85. The molecule has 0 radical (unpaired) electrons. The molecule has 0 aliphatic carbocycles. The first-order valence-electron chi connectivity index (χ1n) is 9.56. The van der Waals surface area contributed by atoms with Crippen LogP contribution in [0.4, 0.5) is 5.69 Å². The summed E-state index contributed by atoms with van der Waals surface area (Å²) >= 11 is 1.28. The van der Waals surface area contributed by atoms with Crippen LogP contribution in [0.25, 0.3) is 11.4 Å². The van der Waals surface area contributed by atoms with Crippen LogP contribution < -0.4 is 5.32 Å². The Balaban J connectivity index is 1.72. The molecule has 0 saturated heterocycles. The predicted molar refractivity (Wildman–Crippen MR) is 122 cm³/mol. The summed E-state index contributed by atoms with van der Waals surface area (Å²) in [6.07, 6.45) is 0. The number of aromatic nitrogens is 3. The van der Waals surface area contributed by atoms with Crippen molar-refractivity contribution in [1.82, 2.24) is 19.1 Å². The predicted octanol–water partition coefficient (Wildman–Crippen LogP) is 3.16. The first kappa shape index (κ1) is 23.0. The van der Waals surface area contributed by atoms with Crippen LogP contribution in [0.5, 0.6) is 0 Å². The molecule has 3 aromatic rings. The zero-order valence-electron chi connectivity index (χ0n) is 18.0. The number of aryl methyl sites for hydroxylation is 1. The lowest BCUT2D eigenvalue weighted by atomic mass is 10.1. The Kier molecular flexibility index (Phi) is 6.83. The molecule has 10 heteroatoms. The number of nitrogens with one attached hydrogen (secondary N) is 1. The standard InChI is InChI=1S/C21H25N5O3S2/c1-14-8-6-9-16(12-14)19-23-24-21(26(19)5)30-15(2)20(27)22-17-10-7-11-18(13-17)31(28,29)25(3)4/h6-13,15H,1-5H3,(H,22,27). The molecule has 1 unspecified atom stereocenters. The van der Waals surface area contributed by atoms with Crippen molar-refractivity contribution >= 4 is 33.4 Å². The van der Waals surface area contributed by atoms with E-state index >= 15 is 0 Å². The zero-order valence-corrected chi connectivity index (χ0v) is 19.7. The molecular weight excluding hydrogens is 434 g/mol. The SMILES string of the molecule is Cc1cccc(-c2nnc(SC(C)C(=O)Nc3cccc(S(=O)(=O)N(C)C)c3)n2C)c1. The first-order chi connectivity index (χ1) is 14.6. The number of hydrogen-bond donors (Lipinski definition) is 1. The lowest BCUT2D eigenvalue weighted by molar-refractivity contribution is -0.115. The van der Waals surface area contributed by atoms with Gasteiger partial charge in [-0.1, -0.05) is 41.6 Å². The molecule has 3 rings (SSSR count). The van der Waals surface area contributed by atoms with E-state index in [1.54, 1.807) is 19.1 Å². The molecule has 31 heavy (non-hydrogen) atoms. The Labute approximate surface area is 186 Å². The van der Waals surface area contributed by atoms with Crippen LogP contribution in [0.1, 0.15) is 12.5 Å². The fraction of sp³-hybridized carbons (Fsp3) is 0.286. The molecule has 0 aliphatic heterocycles. The third-order valence-corrected chi connectivity index (χ3v) is 7.59. The molecule has 8 nitrogen and oxygen atoms in total. The number of hydrogen-bond acceptors (Lipinski definition) is 6. The van der Waals surface area contributed by atoms with Gasteiger partial charge in [-0.05, 0) is 38.1 Å². The van der Waals surface area contributed by atoms with E-state index in [0.717, 1.165) is 21.3 Å². The maximum atomic E-state index is 12.7. The average molecular weight is 460 g/mol. The summed E-state index contributed by atoms with van der Waals surface area (Å²) in [7, 11) is 1.21. The van der Waals surface area contributed by atoms with E-state index in [0.29, 0.717) is 10.8 Å². The van der Waals surface area contributed by atoms with Crippen molar-refractivity contribution < 1.29 is 13.2 Å². The van der Waals surface area contributed by atoms with E-state index in [1.165, 1.54) is 38.0 Å². The molecular formula is C21H25N5O3S2. The maximum Gasteiger partial charge on any atom is 0.242 e. The second kappa shape index (κ2) is 9.21. The smallest absolute Gasteiger partial charge is 0.242 e. The molecule has 1 amide bonds. The molecule has 0 spiro atoms. The summed E-state index contributed by atoms with van der Waals surface area (Å²) in [5.41, 5.74) is 2.50. The van der Waals surface area contributed by atoms with Crippen molar-refractivity contribution in [3.63, 3.8) is 0 Å². The van der Waals surface area contributed by atoms with Crippen LogP contribution in [-0.4, -0.2) is 52.7 Å². The Bertz CT molecular complexity index is 1210. The maximum absolute atomic E-state index is 12.7. The molecule has 164 valence electrons. The highest BCUT2D eigenvalue weighted by atomic mass is 32.2. The van der Waals surface area contributed by atoms with Crippen molar-refractivity contribution in [2.45, 2.75) is 29.1 Å². The Morgan fingerprint density at radius 3 is 2.52 bits per heavy atom. The number of sulfonamides is 1. The minimum absolute atomic E-state index is 0.117. The van der Waals surface area contributed by atoms with Gasteiger partial charge in [-0.25, -0.2) is 12.7 Å². The molecule has 0 aliphatic rings. The van der Waals surface area contributed by atoms with E-state index in [2.05, 4.69) is 15.5 Å². The number of benzene rings is 2. The summed E-state index contributed by atoms with van der Waals surface area (Å²) in [5.74, 6) is 0.463. The molecule has 1 heterocycles. The van der Waals surface area contributed by atoms with Crippen molar-refractivity contribution in [3.8, 4) is 11.4 Å². The number of anilines is 1. The molecule has 0 bridgehead atoms. The summed E-state index contributed by atoms with van der Waals surface area (Å²) in [6.45, 7) is 3.78. The van der Waals surface area contributed by atoms with E-state index in [1.807, 2.05) is 42.8 Å². The van der Waals surface area contributed by atoms with Crippen molar-refractivity contribution in [2.24, 2.45) is 7.05 Å². The third-order valence-electron chi connectivity index (χ3n) is 4.64. The van der Waals surface area contributed by atoms with Crippen LogP contribution in [0.3, 0.4) is 0 Å². The second-order valence-electron chi connectivity index (χ2n) is 7.30. The minimum atomic E-state index is -3.58. The van der Waals surface area contributed by atoms with Gasteiger partial charge in [0, 0.05) is 32.4 Å². The van der Waals surface area contributed by atoms with Gasteiger partial charge in [0.2, 0.25) is 15.9 Å². The van der Waals surface area contributed by atoms with Gasteiger partial charge < -0.3 is 9.88 Å². The molecule has 1 aromatic heterocycles. The quantitative estimate of drug-likeness (QED) is 0.545. The Morgan fingerprint density at radius 2 is 1.84 bits per heavy atom. The van der Waals surface area contributed by atoms with Gasteiger partial charge in [0.1, 0.15) is 0 Å². The Morgan fingerprint density at radius 1 is 1.13 bits per heavy atom. The zero-order chi connectivity index (χ0) is 22.8. The van der Waals surface area contributed by atoms with E-state index < -0.39 is 15.3 Å². The van der Waals surface area contributed by atoms with E-state index in [4.69, 9.17) is 0 Å². The number of amides is 1. The second-order valence-corrected chi connectivity index (χ2v) is 10.8. The number of thioether (sulfide) groups is 1. The number of carbonyl (C=O) groups excluding carboxylic acids is 1. The molecule has 0 saturated carbocycles. The highest BCUT2D eigenvalue weighted by molar-refractivity contribution is 8.00. The lowest BCUT2D eigenvalue weighted by Crippen LogP contribution is -2.24. The van der Waals surface area contributed by atoms with Crippen LogP contribution in [0.15, 0.2) is 58.6 Å². The van der Waals surface area contributed by atoms with Gasteiger partial charge in [-0.3, -0.25) is 4.79 Å². The summed E-state index contributed by atoms with van der Waals surface area (Å²) in [4.78, 5) is 12.8. The normalized spacial score (nSPS) is 12.7. The monoisotopic (exact) mass is 459 g/mol. The van der Waals surface area contributed by atoms with Gasteiger partial charge in [-0.2, -0.15) is 0 Å². The third kappa shape index (κ3) is 5.15. The minimum Gasteiger partial charge on any atom is -0.325 e. The van der Waals surface area contributed by atoms with Crippen molar-refractivity contribution in [2.75, 3.05) is 19.4 Å². The van der Waals surface area contributed by atoms with Crippen molar-refractivity contribution in [3.05, 3.63) is 54.1 Å². The van der Waals surface area contributed by atoms with Crippen LogP contribution >= 0.6 is 11.8 Å². The number of nitrogens with zero attached hydrogens (tertiary/aromatic N) is 4. The molecule has 1 N–H and O–H groups in total. The fourth-order valence-corrected chi connectivity index (χ4v) is 4.62. The molecule has 2 aromatic carbocycles. The largest absolute Gasteiger partial charge is 0.325 e. The van der Waals surface area contributed by atoms with Crippen LogP contribution in [-0.2, 0) is 21.9 Å². The highest BCUT2D eigenvalue weighted by Gasteiger charge is 2.21. The number of rotatable bonds is 7. The van der Waals surface area contributed by atoms with Gasteiger partial charge in [0.25, 0.3) is 0 Å². The lowest BCUT2D eigenvalue weighted by Gasteiger charge is -2.14. The van der Waals surface area contributed by atoms with Gasteiger partial charge in [0.15, 0.2) is 11.0 Å². The topological polar surface area (TPSA) is 97.2 Å². The Hall–Kier alpha value is -2.69. The first-order valence-corrected chi connectivity index (χ1v) is 11.9. The highest BCUT2D eigenvalue weighted by Crippen LogP contribution is 2.27. The summed E-state index contributed by atoms with van der Waals surface area (Å²) in [5, 5.41) is 11.4. The van der Waals surface area contributed by atoms with Crippen LogP contribution in [0, 0.1) is 6.92 Å². The van der Waals surface area contributed by atoms with Gasteiger partial charge in [-0.15, -0.1) is 10.2 Å². The van der Waals surface area contributed by atoms with Gasteiger partial charge >= 0.3 is 0 Å². The molecule has 1 atom stereocenters. The number of carbonyl (C=O) groups is 1. The van der Waals surface area contributed by atoms with E-state index in [-0.39, 0.29) is 10.8 Å². The van der Waals surface area contributed by atoms with E-state index in [9.17, 15) is 13.2 Å². The summed E-state index contributed by atoms with van der Waals surface area (Å²) in [6, 6.07) is 14.2. The average Bonchev–Trinajstić information content (AvgIpc) is 3.08. The van der Waals surface area contributed by atoms with Crippen LogP contribution in [0.2, 0.25) is 0 Å². The van der Waals surface area contributed by atoms with Gasteiger partial charge in [0.05, 0.1) is 10.1 Å². The summed E-state index contributed by atoms with van der Waals surface area (Å²) < 4.78 is 27.6.